The molecule has 1 amide bonds. The third kappa shape index (κ3) is 5.48. The maximum absolute atomic E-state index is 12.6. The van der Waals surface area contributed by atoms with Crippen LogP contribution in [0.5, 0.6) is 0 Å². The fraction of sp³-hybridized carbons (Fsp3) is 0.600. The van der Waals surface area contributed by atoms with Crippen LogP contribution in [0.2, 0.25) is 0 Å². The molecule has 0 bridgehead atoms. The van der Waals surface area contributed by atoms with E-state index >= 15 is 0 Å². The second-order valence-electron chi connectivity index (χ2n) is 4.13. The Hall–Kier alpha value is -1.28. The minimum atomic E-state index is -4.53. The zero-order chi connectivity index (χ0) is 13.9. The molecule has 1 heterocycles. The Labute approximate surface area is 114 Å². The molecular formula is C10H16ClF3N4O. The monoisotopic (exact) mass is 300 g/mol. The molecule has 0 saturated carbocycles. The van der Waals surface area contributed by atoms with Crippen molar-refractivity contribution in [2.75, 3.05) is 0 Å². The average Bonchev–Trinajstić information content (AvgIpc) is 2.55. The Balaban J connectivity index is 0.00000324. The van der Waals surface area contributed by atoms with E-state index in [0.29, 0.717) is 0 Å². The van der Waals surface area contributed by atoms with Gasteiger partial charge in [-0.15, -0.1) is 12.4 Å². The number of nitrogens with zero attached hydrogens (tertiary/aromatic N) is 2. The summed E-state index contributed by atoms with van der Waals surface area (Å²) in [5.74, 6) is -0.387. The van der Waals surface area contributed by atoms with Gasteiger partial charge < -0.3 is 11.1 Å². The van der Waals surface area contributed by atoms with Crippen LogP contribution in [0.4, 0.5) is 13.2 Å². The van der Waals surface area contributed by atoms with E-state index in [0.717, 1.165) is 4.68 Å². The van der Waals surface area contributed by atoms with Gasteiger partial charge in [0, 0.05) is 37.8 Å². The zero-order valence-corrected chi connectivity index (χ0v) is 11.3. The molecule has 0 fully saturated rings. The number of carbonyl (C=O) groups is 1. The standard InChI is InChI=1S/C10H15F3N4O.ClH/c1-6(14)3-8(18)15-4-7-5-17(2)16-9(7)10(11,12)13;/h5-6H,3-4,14H2,1-2H3,(H,15,18);1H. The molecule has 0 aliphatic rings. The number of halogens is 4. The van der Waals surface area contributed by atoms with Crippen molar-refractivity contribution in [2.24, 2.45) is 12.8 Å². The summed E-state index contributed by atoms with van der Waals surface area (Å²) in [5, 5.41) is 5.72. The van der Waals surface area contributed by atoms with E-state index < -0.39 is 11.9 Å². The third-order valence-corrected chi connectivity index (χ3v) is 2.16. The smallest absolute Gasteiger partial charge is 0.352 e. The molecule has 0 spiro atoms. The van der Waals surface area contributed by atoms with Gasteiger partial charge in [0.2, 0.25) is 5.91 Å². The number of carbonyl (C=O) groups excluding carboxylic acids is 1. The van der Waals surface area contributed by atoms with E-state index in [1.165, 1.54) is 13.2 Å². The molecule has 9 heteroatoms. The lowest BCUT2D eigenvalue weighted by molar-refractivity contribution is -0.142. The van der Waals surface area contributed by atoms with Crippen molar-refractivity contribution >= 4 is 18.3 Å². The molecule has 0 saturated heterocycles. The normalized spacial score (nSPS) is 12.7. The first-order valence-electron chi connectivity index (χ1n) is 5.32. The Morgan fingerprint density at radius 2 is 2.16 bits per heavy atom. The quantitative estimate of drug-likeness (QED) is 0.878. The van der Waals surface area contributed by atoms with Gasteiger partial charge in [-0.05, 0) is 6.92 Å². The van der Waals surface area contributed by atoms with Gasteiger partial charge in [0.15, 0.2) is 5.69 Å². The molecule has 1 aromatic heterocycles. The molecule has 19 heavy (non-hydrogen) atoms. The Bertz CT molecular complexity index is 431. The molecule has 0 aliphatic carbocycles. The number of rotatable bonds is 4. The Kier molecular flexibility index (Phi) is 6.31. The van der Waals surface area contributed by atoms with Crippen LogP contribution in [0.25, 0.3) is 0 Å². The lowest BCUT2D eigenvalue weighted by atomic mass is 10.2. The highest BCUT2D eigenvalue weighted by Crippen LogP contribution is 2.30. The van der Waals surface area contributed by atoms with Gasteiger partial charge in [-0.3, -0.25) is 9.48 Å². The first kappa shape index (κ1) is 17.7. The van der Waals surface area contributed by atoms with Crippen LogP contribution in [0.1, 0.15) is 24.6 Å². The van der Waals surface area contributed by atoms with Gasteiger partial charge in [-0.1, -0.05) is 0 Å². The highest BCUT2D eigenvalue weighted by atomic mass is 35.5. The van der Waals surface area contributed by atoms with Crippen LogP contribution >= 0.6 is 12.4 Å². The number of alkyl halides is 3. The first-order valence-corrected chi connectivity index (χ1v) is 5.32. The third-order valence-electron chi connectivity index (χ3n) is 2.16. The molecule has 5 nitrogen and oxygen atoms in total. The maximum Gasteiger partial charge on any atom is 0.435 e. The van der Waals surface area contributed by atoms with Crippen molar-refractivity contribution in [3.8, 4) is 0 Å². The highest BCUT2D eigenvalue weighted by Gasteiger charge is 2.36. The van der Waals surface area contributed by atoms with Crippen molar-refractivity contribution in [1.29, 1.82) is 0 Å². The van der Waals surface area contributed by atoms with Crippen LogP contribution in [0, 0.1) is 0 Å². The molecule has 1 unspecified atom stereocenters. The minimum absolute atomic E-state index is 0. The minimum Gasteiger partial charge on any atom is -0.352 e. The Morgan fingerprint density at radius 3 is 2.63 bits per heavy atom. The first-order chi connectivity index (χ1) is 8.20. The molecule has 0 aliphatic heterocycles. The second-order valence-corrected chi connectivity index (χ2v) is 4.13. The summed E-state index contributed by atoms with van der Waals surface area (Å²) in [6, 6.07) is -0.332. The van der Waals surface area contributed by atoms with Crippen LogP contribution in [0.15, 0.2) is 6.20 Å². The van der Waals surface area contributed by atoms with Crippen molar-refractivity contribution in [1.82, 2.24) is 15.1 Å². The number of nitrogens with one attached hydrogen (secondary N) is 1. The summed E-state index contributed by atoms with van der Waals surface area (Å²) < 4.78 is 38.8. The van der Waals surface area contributed by atoms with Gasteiger partial charge in [0.1, 0.15) is 0 Å². The van der Waals surface area contributed by atoms with Crippen molar-refractivity contribution in [2.45, 2.75) is 32.1 Å². The van der Waals surface area contributed by atoms with Gasteiger partial charge >= 0.3 is 6.18 Å². The van der Waals surface area contributed by atoms with Crippen LogP contribution in [0.3, 0.4) is 0 Å². The largest absolute Gasteiger partial charge is 0.435 e. The van der Waals surface area contributed by atoms with Crippen LogP contribution in [-0.2, 0) is 24.6 Å². The van der Waals surface area contributed by atoms with Gasteiger partial charge in [0.25, 0.3) is 0 Å². The Morgan fingerprint density at radius 1 is 1.58 bits per heavy atom. The highest BCUT2D eigenvalue weighted by molar-refractivity contribution is 5.85. The molecule has 1 atom stereocenters. The average molecular weight is 301 g/mol. The van der Waals surface area contributed by atoms with E-state index in [1.54, 1.807) is 6.92 Å². The number of hydrogen-bond donors (Lipinski definition) is 2. The summed E-state index contributed by atoms with van der Waals surface area (Å²) in [5.41, 5.74) is 4.36. The fourth-order valence-corrected chi connectivity index (χ4v) is 1.46. The zero-order valence-electron chi connectivity index (χ0n) is 10.5. The van der Waals surface area contributed by atoms with E-state index in [1.807, 2.05) is 0 Å². The topological polar surface area (TPSA) is 72.9 Å². The number of hydrogen-bond acceptors (Lipinski definition) is 3. The van der Waals surface area contributed by atoms with E-state index in [9.17, 15) is 18.0 Å². The van der Waals surface area contributed by atoms with Gasteiger partial charge in [-0.2, -0.15) is 18.3 Å². The summed E-state index contributed by atoms with van der Waals surface area (Å²) in [7, 11) is 1.39. The van der Waals surface area contributed by atoms with Crippen molar-refractivity contribution < 1.29 is 18.0 Å². The lowest BCUT2D eigenvalue weighted by Crippen LogP contribution is -2.30. The van der Waals surface area contributed by atoms with Crippen molar-refractivity contribution in [3.63, 3.8) is 0 Å². The number of amides is 1. The second kappa shape index (κ2) is 6.76. The predicted molar refractivity (Wildman–Crippen MR) is 65.6 cm³/mol. The maximum atomic E-state index is 12.6. The summed E-state index contributed by atoms with van der Waals surface area (Å²) in [6.07, 6.45) is -3.22. The molecule has 0 aromatic carbocycles. The number of nitrogens with two attached hydrogens (primary N) is 1. The molecular weight excluding hydrogens is 285 g/mol. The summed E-state index contributed by atoms with van der Waals surface area (Å²) in [4.78, 5) is 11.3. The fourth-order valence-electron chi connectivity index (χ4n) is 1.46. The van der Waals surface area contributed by atoms with E-state index in [-0.39, 0.29) is 42.9 Å². The number of aryl methyl sites for hydroxylation is 1. The lowest BCUT2D eigenvalue weighted by Gasteiger charge is -2.08. The molecule has 110 valence electrons. The summed E-state index contributed by atoms with van der Waals surface area (Å²) >= 11 is 0. The number of aromatic nitrogens is 2. The van der Waals surface area contributed by atoms with Crippen molar-refractivity contribution in [3.05, 3.63) is 17.5 Å². The SMILES string of the molecule is CC(N)CC(=O)NCc1cn(C)nc1C(F)(F)F.Cl. The summed E-state index contributed by atoms with van der Waals surface area (Å²) in [6.45, 7) is 1.43. The van der Waals surface area contributed by atoms with E-state index in [2.05, 4.69) is 10.4 Å². The van der Waals surface area contributed by atoms with Gasteiger partial charge in [0.05, 0.1) is 0 Å². The molecule has 1 rings (SSSR count). The predicted octanol–water partition coefficient (Wildman–Crippen LogP) is 1.21. The molecule has 1 aromatic rings. The molecule has 0 radical (unpaired) electrons. The van der Waals surface area contributed by atoms with Crippen LogP contribution in [-0.4, -0.2) is 21.7 Å². The van der Waals surface area contributed by atoms with Crippen LogP contribution < -0.4 is 11.1 Å². The van der Waals surface area contributed by atoms with Gasteiger partial charge in [-0.25, -0.2) is 0 Å². The van der Waals surface area contributed by atoms with E-state index in [4.69, 9.17) is 5.73 Å². The molecule has 3 N–H and O–H groups in total.